The number of phenolic OH excluding ortho intramolecular Hbond substituents is 6. The number of aliphatic hydroxyl groups is 2. The lowest BCUT2D eigenvalue weighted by molar-refractivity contribution is -0.141. The minimum atomic E-state index is -2.18. The highest BCUT2D eigenvalue weighted by atomic mass is 16.6. The fourth-order valence-corrected chi connectivity index (χ4v) is 3.49. The Labute approximate surface area is 235 Å². The van der Waals surface area contributed by atoms with Crippen LogP contribution in [0.5, 0.6) is 34.5 Å². The number of aldehydes is 1. The van der Waals surface area contributed by atoms with Gasteiger partial charge in [0, 0.05) is 0 Å². The van der Waals surface area contributed by atoms with Crippen molar-refractivity contribution < 1.29 is 74.2 Å². The van der Waals surface area contributed by atoms with Gasteiger partial charge in [0.2, 0.25) is 0 Å². The maximum Gasteiger partial charge on any atom is 0.339 e. The summed E-state index contributed by atoms with van der Waals surface area (Å²) in [6.45, 7) is -1.14. The molecule has 0 heterocycles. The Morgan fingerprint density at radius 1 is 0.595 bits per heavy atom. The highest BCUT2D eigenvalue weighted by molar-refractivity contribution is 5.93. The van der Waals surface area contributed by atoms with Crippen LogP contribution in [0, 0.1) is 0 Å². The standard InChI is InChI=1S/C27H24O15/c28-10-21(36)23(41-26(38)13-2-5-16(31)19(34)8-13)24(42-27(39)14-3-6-17(32)20(35)9-14)22(11-29)40-25(37)12-1-4-15(30)18(33)7-12/h1-9,11,21-24,28,30-36H,10H2/t21-,22+,23-,24-/m1/s1. The van der Waals surface area contributed by atoms with Crippen molar-refractivity contribution in [2.24, 2.45) is 0 Å². The van der Waals surface area contributed by atoms with E-state index in [9.17, 15) is 60.0 Å². The number of carbonyl (C=O) groups excluding carboxylic acids is 4. The third kappa shape index (κ3) is 7.15. The molecule has 3 aromatic carbocycles. The molecule has 8 N–H and O–H groups in total. The van der Waals surface area contributed by atoms with Crippen LogP contribution in [0.15, 0.2) is 54.6 Å². The summed E-state index contributed by atoms with van der Waals surface area (Å²) in [4.78, 5) is 50.7. The van der Waals surface area contributed by atoms with Crippen LogP contribution in [0.2, 0.25) is 0 Å². The van der Waals surface area contributed by atoms with Gasteiger partial charge in [-0.3, -0.25) is 4.79 Å². The van der Waals surface area contributed by atoms with Crippen LogP contribution in [-0.4, -0.2) is 96.1 Å². The van der Waals surface area contributed by atoms with Crippen molar-refractivity contribution >= 4 is 24.2 Å². The second-order valence-electron chi connectivity index (χ2n) is 8.61. The van der Waals surface area contributed by atoms with E-state index in [1.807, 2.05) is 0 Å². The summed E-state index contributed by atoms with van der Waals surface area (Å²) in [5.41, 5.74) is -1.20. The fraction of sp³-hybridized carbons (Fsp3) is 0.185. The van der Waals surface area contributed by atoms with Gasteiger partial charge in [-0.05, 0) is 54.6 Å². The number of rotatable bonds is 11. The second-order valence-corrected chi connectivity index (χ2v) is 8.61. The zero-order chi connectivity index (χ0) is 31.1. The number of carbonyl (C=O) groups is 4. The molecule has 0 spiro atoms. The molecular weight excluding hydrogens is 564 g/mol. The number of benzene rings is 3. The van der Waals surface area contributed by atoms with Crippen LogP contribution in [0.3, 0.4) is 0 Å². The van der Waals surface area contributed by atoms with Gasteiger partial charge in [-0.1, -0.05) is 0 Å². The van der Waals surface area contributed by atoms with Crippen LogP contribution in [0.25, 0.3) is 0 Å². The Morgan fingerprint density at radius 2 is 0.952 bits per heavy atom. The van der Waals surface area contributed by atoms with Crippen LogP contribution in [0.1, 0.15) is 31.1 Å². The molecule has 222 valence electrons. The van der Waals surface area contributed by atoms with E-state index in [1.165, 1.54) is 0 Å². The Bertz CT molecular complexity index is 1480. The van der Waals surface area contributed by atoms with E-state index in [-0.39, 0.29) is 11.8 Å². The molecule has 0 fully saturated rings. The minimum absolute atomic E-state index is 0.0538. The van der Waals surface area contributed by atoms with Crippen molar-refractivity contribution in [3.63, 3.8) is 0 Å². The average Bonchev–Trinajstić information content (AvgIpc) is 2.97. The number of aromatic hydroxyl groups is 6. The maximum atomic E-state index is 13.0. The molecule has 0 aromatic heterocycles. The quantitative estimate of drug-likeness (QED) is 0.0654. The van der Waals surface area contributed by atoms with Gasteiger partial charge in [-0.15, -0.1) is 0 Å². The fourth-order valence-electron chi connectivity index (χ4n) is 3.49. The van der Waals surface area contributed by atoms with Crippen molar-refractivity contribution in [2.45, 2.75) is 24.4 Å². The predicted molar refractivity (Wildman–Crippen MR) is 136 cm³/mol. The summed E-state index contributed by atoms with van der Waals surface area (Å²) in [5, 5.41) is 77.8. The monoisotopic (exact) mass is 588 g/mol. The second kappa shape index (κ2) is 13.2. The van der Waals surface area contributed by atoms with Crippen LogP contribution < -0.4 is 0 Å². The van der Waals surface area contributed by atoms with E-state index in [4.69, 9.17) is 14.2 Å². The highest BCUT2D eigenvalue weighted by Gasteiger charge is 2.43. The van der Waals surface area contributed by atoms with E-state index >= 15 is 0 Å². The number of esters is 3. The smallest absolute Gasteiger partial charge is 0.339 e. The molecule has 0 aliphatic carbocycles. The molecule has 4 atom stereocenters. The Hall–Kier alpha value is -5.54. The molecule has 3 aromatic rings. The third-order valence-electron chi connectivity index (χ3n) is 5.71. The van der Waals surface area contributed by atoms with Gasteiger partial charge in [0.1, 0.15) is 6.10 Å². The molecule has 15 heteroatoms. The summed E-state index contributed by atoms with van der Waals surface area (Å²) in [7, 11) is 0. The molecule has 0 amide bonds. The summed E-state index contributed by atoms with van der Waals surface area (Å²) >= 11 is 0. The Morgan fingerprint density at radius 3 is 1.29 bits per heavy atom. The first-order chi connectivity index (χ1) is 19.9. The SMILES string of the molecule is O=C[C@H](OC(=O)c1ccc(O)c(O)c1)[C@@H](OC(=O)c1ccc(O)c(O)c1)[C@H](OC(=O)c1ccc(O)c(O)c1)[C@H](O)CO. The normalized spacial score (nSPS) is 13.7. The largest absolute Gasteiger partial charge is 0.504 e. The average molecular weight is 588 g/mol. The van der Waals surface area contributed by atoms with Gasteiger partial charge in [-0.25, -0.2) is 14.4 Å². The van der Waals surface area contributed by atoms with E-state index in [1.54, 1.807) is 0 Å². The molecule has 0 saturated carbocycles. The molecule has 0 saturated heterocycles. The van der Waals surface area contributed by atoms with Gasteiger partial charge in [0.25, 0.3) is 0 Å². The van der Waals surface area contributed by atoms with Gasteiger partial charge >= 0.3 is 17.9 Å². The summed E-state index contributed by atoms with van der Waals surface area (Å²) in [5.74, 6) is -7.91. The lowest BCUT2D eigenvalue weighted by Gasteiger charge is -2.32. The van der Waals surface area contributed by atoms with Gasteiger partial charge < -0.3 is 55.1 Å². The molecule has 0 bridgehead atoms. The zero-order valence-corrected chi connectivity index (χ0v) is 21.2. The number of hydrogen-bond donors (Lipinski definition) is 8. The van der Waals surface area contributed by atoms with E-state index < -0.39 is 94.6 Å². The van der Waals surface area contributed by atoms with Crippen molar-refractivity contribution in [2.75, 3.05) is 6.61 Å². The molecule has 0 aliphatic heterocycles. The third-order valence-corrected chi connectivity index (χ3v) is 5.71. The summed E-state index contributed by atoms with van der Waals surface area (Å²) < 4.78 is 15.6. The van der Waals surface area contributed by atoms with E-state index in [2.05, 4.69) is 0 Å². The van der Waals surface area contributed by atoms with Crippen LogP contribution >= 0.6 is 0 Å². The van der Waals surface area contributed by atoms with Gasteiger partial charge in [0.15, 0.2) is 59.1 Å². The first kappa shape index (κ1) is 31.0. The zero-order valence-electron chi connectivity index (χ0n) is 21.2. The lowest BCUT2D eigenvalue weighted by Crippen LogP contribution is -2.52. The topological polar surface area (TPSA) is 258 Å². The van der Waals surface area contributed by atoms with Crippen molar-refractivity contribution in [3.8, 4) is 34.5 Å². The van der Waals surface area contributed by atoms with Gasteiger partial charge in [0.05, 0.1) is 23.3 Å². The lowest BCUT2D eigenvalue weighted by atomic mass is 10.0. The van der Waals surface area contributed by atoms with Crippen molar-refractivity contribution in [1.82, 2.24) is 0 Å². The maximum absolute atomic E-state index is 13.0. The number of hydrogen-bond acceptors (Lipinski definition) is 15. The minimum Gasteiger partial charge on any atom is -0.504 e. The first-order valence-corrected chi connectivity index (χ1v) is 11.8. The number of phenols is 6. The van der Waals surface area contributed by atoms with Crippen LogP contribution in [0.4, 0.5) is 0 Å². The van der Waals surface area contributed by atoms with Crippen molar-refractivity contribution in [1.29, 1.82) is 0 Å². The molecular formula is C27H24O15. The predicted octanol–water partition coefficient (Wildman–Crippen LogP) is 0.449. The van der Waals surface area contributed by atoms with E-state index in [0.29, 0.717) is 0 Å². The first-order valence-electron chi connectivity index (χ1n) is 11.8. The number of aliphatic hydroxyl groups excluding tert-OH is 2. The molecule has 0 radical (unpaired) electrons. The van der Waals surface area contributed by atoms with Crippen LogP contribution in [-0.2, 0) is 19.0 Å². The Kier molecular flexibility index (Phi) is 9.75. The molecule has 15 nitrogen and oxygen atoms in total. The summed E-state index contributed by atoms with van der Waals surface area (Å²) in [6.07, 6.45) is -8.61. The number of ether oxygens (including phenoxy) is 3. The van der Waals surface area contributed by atoms with E-state index in [0.717, 1.165) is 54.6 Å². The van der Waals surface area contributed by atoms with Crippen molar-refractivity contribution in [3.05, 3.63) is 71.3 Å². The molecule has 42 heavy (non-hydrogen) atoms. The Balaban J connectivity index is 2.02. The summed E-state index contributed by atoms with van der Waals surface area (Å²) in [6, 6.07) is 8.16. The highest BCUT2D eigenvalue weighted by Crippen LogP contribution is 2.29. The molecule has 0 unspecified atom stereocenters. The van der Waals surface area contributed by atoms with Gasteiger partial charge in [-0.2, -0.15) is 0 Å². The molecule has 3 rings (SSSR count). The molecule has 0 aliphatic rings.